The van der Waals surface area contributed by atoms with Crippen molar-refractivity contribution in [3.05, 3.63) is 22.9 Å². The van der Waals surface area contributed by atoms with Gasteiger partial charge in [0, 0.05) is 25.0 Å². The standard InChI is InChI=1S/C10H15BrN2O/c1-8(3-2-6-14)13-10-4-5-12-7-9(10)11/h4-5,7-8,14H,2-3,6H2,1H3,(H,12,13). The Labute approximate surface area is 92.7 Å². The van der Waals surface area contributed by atoms with Gasteiger partial charge in [-0.3, -0.25) is 4.98 Å². The van der Waals surface area contributed by atoms with Gasteiger partial charge >= 0.3 is 0 Å². The molecule has 0 saturated carbocycles. The maximum atomic E-state index is 8.69. The molecule has 0 fully saturated rings. The normalized spacial score (nSPS) is 12.5. The van der Waals surface area contributed by atoms with Crippen LogP contribution in [0.5, 0.6) is 0 Å². The summed E-state index contributed by atoms with van der Waals surface area (Å²) in [5, 5.41) is 12.0. The van der Waals surface area contributed by atoms with Gasteiger partial charge in [-0.2, -0.15) is 0 Å². The average molecular weight is 259 g/mol. The van der Waals surface area contributed by atoms with Gasteiger partial charge in [0.1, 0.15) is 0 Å². The Balaban J connectivity index is 2.47. The van der Waals surface area contributed by atoms with E-state index in [1.54, 1.807) is 12.4 Å². The van der Waals surface area contributed by atoms with E-state index in [1.807, 2.05) is 6.07 Å². The first-order valence-corrected chi connectivity index (χ1v) is 5.50. The average Bonchev–Trinajstić information content (AvgIpc) is 2.18. The second-order valence-corrected chi connectivity index (χ2v) is 4.12. The molecule has 1 atom stereocenters. The molecule has 1 aromatic rings. The van der Waals surface area contributed by atoms with Crippen LogP contribution in [0, 0.1) is 0 Å². The number of nitrogens with zero attached hydrogens (tertiary/aromatic N) is 1. The molecule has 0 aliphatic heterocycles. The Bertz CT molecular complexity index is 281. The largest absolute Gasteiger partial charge is 0.396 e. The number of anilines is 1. The van der Waals surface area contributed by atoms with E-state index in [-0.39, 0.29) is 6.61 Å². The predicted molar refractivity (Wildman–Crippen MR) is 61.3 cm³/mol. The molecular formula is C10H15BrN2O. The molecule has 0 aromatic carbocycles. The van der Waals surface area contributed by atoms with E-state index < -0.39 is 0 Å². The van der Waals surface area contributed by atoms with Crippen LogP contribution in [0.1, 0.15) is 19.8 Å². The Kier molecular flexibility index (Phi) is 4.90. The minimum Gasteiger partial charge on any atom is -0.396 e. The van der Waals surface area contributed by atoms with Crippen LogP contribution in [0.3, 0.4) is 0 Å². The highest BCUT2D eigenvalue weighted by molar-refractivity contribution is 9.10. The molecule has 0 aliphatic carbocycles. The molecular weight excluding hydrogens is 244 g/mol. The fourth-order valence-corrected chi connectivity index (χ4v) is 1.59. The van der Waals surface area contributed by atoms with E-state index in [1.165, 1.54) is 0 Å². The maximum absolute atomic E-state index is 8.69. The van der Waals surface area contributed by atoms with Crippen molar-refractivity contribution in [1.82, 2.24) is 4.98 Å². The number of hydrogen-bond donors (Lipinski definition) is 2. The zero-order chi connectivity index (χ0) is 10.4. The van der Waals surface area contributed by atoms with Crippen molar-refractivity contribution in [3.63, 3.8) is 0 Å². The van der Waals surface area contributed by atoms with E-state index in [4.69, 9.17) is 5.11 Å². The first-order chi connectivity index (χ1) is 6.74. The monoisotopic (exact) mass is 258 g/mol. The van der Waals surface area contributed by atoms with E-state index in [9.17, 15) is 0 Å². The second-order valence-electron chi connectivity index (χ2n) is 3.27. The number of nitrogens with one attached hydrogen (secondary N) is 1. The van der Waals surface area contributed by atoms with Gasteiger partial charge in [-0.15, -0.1) is 0 Å². The zero-order valence-electron chi connectivity index (χ0n) is 8.20. The van der Waals surface area contributed by atoms with Gasteiger partial charge < -0.3 is 10.4 Å². The Morgan fingerprint density at radius 3 is 3.07 bits per heavy atom. The van der Waals surface area contributed by atoms with Crippen molar-refractivity contribution in [3.8, 4) is 0 Å². The maximum Gasteiger partial charge on any atom is 0.0590 e. The highest BCUT2D eigenvalue weighted by Gasteiger charge is 2.03. The fraction of sp³-hybridized carbons (Fsp3) is 0.500. The van der Waals surface area contributed by atoms with Crippen LogP contribution in [0.4, 0.5) is 5.69 Å². The number of aliphatic hydroxyl groups excluding tert-OH is 1. The Morgan fingerprint density at radius 1 is 1.64 bits per heavy atom. The van der Waals surface area contributed by atoms with Crippen LogP contribution in [0.15, 0.2) is 22.9 Å². The summed E-state index contributed by atoms with van der Waals surface area (Å²) in [5.41, 5.74) is 1.05. The summed E-state index contributed by atoms with van der Waals surface area (Å²) in [4.78, 5) is 3.99. The summed E-state index contributed by atoms with van der Waals surface area (Å²) < 4.78 is 0.968. The second kappa shape index (κ2) is 5.98. The molecule has 0 amide bonds. The van der Waals surface area contributed by atoms with Gasteiger partial charge in [-0.25, -0.2) is 0 Å². The first-order valence-electron chi connectivity index (χ1n) is 4.71. The molecule has 3 nitrogen and oxygen atoms in total. The number of aromatic nitrogens is 1. The summed E-state index contributed by atoms with van der Waals surface area (Å²) in [6.07, 6.45) is 5.31. The lowest BCUT2D eigenvalue weighted by Gasteiger charge is -2.15. The first kappa shape index (κ1) is 11.5. The molecule has 1 unspecified atom stereocenters. The molecule has 78 valence electrons. The summed E-state index contributed by atoms with van der Waals surface area (Å²) in [7, 11) is 0. The van der Waals surface area contributed by atoms with Crippen molar-refractivity contribution < 1.29 is 5.11 Å². The van der Waals surface area contributed by atoms with Gasteiger partial charge in [-0.05, 0) is 41.8 Å². The van der Waals surface area contributed by atoms with Gasteiger partial charge in [-0.1, -0.05) is 0 Å². The van der Waals surface area contributed by atoms with Crippen LogP contribution in [0.2, 0.25) is 0 Å². The number of aliphatic hydroxyl groups is 1. The van der Waals surface area contributed by atoms with E-state index in [2.05, 4.69) is 33.2 Å². The smallest absolute Gasteiger partial charge is 0.0590 e. The van der Waals surface area contributed by atoms with Crippen LogP contribution >= 0.6 is 15.9 Å². The molecule has 0 aliphatic rings. The number of halogens is 1. The van der Waals surface area contributed by atoms with Gasteiger partial charge in [0.05, 0.1) is 10.2 Å². The fourth-order valence-electron chi connectivity index (χ4n) is 1.23. The van der Waals surface area contributed by atoms with Crippen LogP contribution in [-0.2, 0) is 0 Å². The van der Waals surface area contributed by atoms with E-state index in [0.29, 0.717) is 6.04 Å². The Hall–Kier alpha value is -0.610. The van der Waals surface area contributed by atoms with Crippen molar-refractivity contribution in [2.75, 3.05) is 11.9 Å². The predicted octanol–water partition coefficient (Wildman–Crippen LogP) is 2.42. The van der Waals surface area contributed by atoms with E-state index >= 15 is 0 Å². The van der Waals surface area contributed by atoms with Crippen molar-refractivity contribution in [2.45, 2.75) is 25.8 Å². The third-order valence-corrected chi connectivity index (χ3v) is 2.60. The quantitative estimate of drug-likeness (QED) is 0.853. The number of pyridine rings is 1. The molecule has 0 bridgehead atoms. The van der Waals surface area contributed by atoms with Crippen molar-refractivity contribution >= 4 is 21.6 Å². The van der Waals surface area contributed by atoms with Crippen LogP contribution in [-0.4, -0.2) is 22.7 Å². The minimum atomic E-state index is 0.254. The molecule has 4 heteroatoms. The lowest BCUT2D eigenvalue weighted by atomic mass is 10.2. The van der Waals surface area contributed by atoms with Gasteiger partial charge in [0.25, 0.3) is 0 Å². The number of rotatable bonds is 5. The Morgan fingerprint density at radius 2 is 2.43 bits per heavy atom. The third kappa shape index (κ3) is 3.64. The molecule has 1 heterocycles. The minimum absolute atomic E-state index is 0.254. The molecule has 1 rings (SSSR count). The highest BCUT2D eigenvalue weighted by Crippen LogP contribution is 2.21. The topological polar surface area (TPSA) is 45.1 Å². The van der Waals surface area contributed by atoms with Crippen molar-refractivity contribution in [2.24, 2.45) is 0 Å². The molecule has 0 spiro atoms. The van der Waals surface area contributed by atoms with E-state index in [0.717, 1.165) is 23.0 Å². The summed E-state index contributed by atoms with van der Waals surface area (Å²) in [6.45, 7) is 2.35. The van der Waals surface area contributed by atoms with Crippen LogP contribution < -0.4 is 5.32 Å². The third-order valence-electron chi connectivity index (χ3n) is 1.97. The molecule has 1 aromatic heterocycles. The zero-order valence-corrected chi connectivity index (χ0v) is 9.79. The lowest BCUT2D eigenvalue weighted by molar-refractivity contribution is 0.282. The summed E-state index contributed by atoms with van der Waals surface area (Å²) in [6, 6.07) is 2.29. The van der Waals surface area contributed by atoms with Gasteiger partial charge in [0.2, 0.25) is 0 Å². The SMILES string of the molecule is CC(CCCO)Nc1ccncc1Br. The molecule has 0 radical (unpaired) electrons. The number of hydrogen-bond acceptors (Lipinski definition) is 3. The lowest BCUT2D eigenvalue weighted by Crippen LogP contribution is -2.15. The van der Waals surface area contributed by atoms with Crippen LogP contribution in [0.25, 0.3) is 0 Å². The highest BCUT2D eigenvalue weighted by atomic mass is 79.9. The van der Waals surface area contributed by atoms with Gasteiger partial charge in [0.15, 0.2) is 0 Å². The van der Waals surface area contributed by atoms with Crippen molar-refractivity contribution in [1.29, 1.82) is 0 Å². The molecule has 2 N–H and O–H groups in total. The summed E-state index contributed by atoms with van der Waals surface area (Å²) in [5.74, 6) is 0. The molecule has 0 saturated heterocycles. The summed E-state index contributed by atoms with van der Waals surface area (Å²) >= 11 is 3.42. The molecule has 14 heavy (non-hydrogen) atoms.